The van der Waals surface area contributed by atoms with Gasteiger partial charge in [-0.1, -0.05) is 65.0 Å². The molecule has 0 unspecified atom stereocenters. The second-order valence-corrected chi connectivity index (χ2v) is 17.7. The maximum atomic E-state index is 14.6. The van der Waals surface area contributed by atoms with E-state index in [9.17, 15) is 19.2 Å². The van der Waals surface area contributed by atoms with Gasteiger partial charge in [0, 0.05) is 74.4 Å². The molecule has 2 aromatic heterocycles. The van der Waals surface area contributed by atoms with Gasteiger partial charge in [-0.25, -0.2) is 15.4 Å². The van der Waals surface area contributed by atoms with E-state index in [1.54, 1.807) is 14.2 Å². The number of hydrogen-bond donors (Lipinski definition) is 2. The molecular formula is C49H64N8O6. The van der Waals surface area contributed by atoms with Crippen molar-refractivity contribution in [2.24, 2.45) is 21.3 Å². The van der Waals surface area contributed by atoms with Crippen molar-refractivity contribution in [3.05, 3.63) is 77.6 Å². The molecular weight excluding hydrogens is 797 g/mol. The monoisotopic (exact) mass is 860 g/mol. The van der Waals surface area contributed by atoms with E-state index in [4.69, 9.17) is 9.47 Å². The van der Waals surface area contributed by atoms with E-state index in [1.807, 2.05) is 38.4 Å². The van der Waals surface area contributed by atoms with Crippen LogP contribution in [0.1, 0.15) is 77.5 Å². The lowest BCUT2D eigenvalue weighted by Gasteiger charge is -2.36. The Morgan fingerprint density at radius 2 is 1.87 bits per heavy atom. The number of aliphatic imine (C=N–C) groups is 2. The third-order valence-corrected chi connectivity index (χ3v) is 12.0. The second kappa shape index (κ2) is 21.1. The van der Waals surface area contributed by atoms with E-state index >= 15 is 0 Å². The fraction of sp³-hybridized carbons (Fsp3) is 0.510. The first-order valence-electron chi connectivity index (χ1n) is 22.3. The molecule has 1 saturated heterocycles. The fourth-order valence-corrected chi connectivity index (χ4v) is 8.83. The van der Waals surface area contributed by atoms with Crippen LogP contribution in [0.4, 0.5) is 0 Å². The summed E-state index contributed by atoms with van der Waals surface area (Å²) < 4.78 is 13.4. The molecule has 2 N–H and O–H groups in total. The summed E-state index contributed by atoms with van der Waals surface area (Å²) in [5.74, 6) is -1.81. The lowest BCUT2D eigenvalue weighted by Crippen LogP contribution is -2.62. The highest BCUT2D eigenvalue weighted by Crippen LogP contribution is 2.41. The van der Waals surface area contributed by atoms with E-state index in [-0.39, 0.29) is 43.7 Å². The van der Waals surface area contributed by atoms with Crippen molar-refractivity contribution in [1.29, 1.82) is 0 Å². The Bertz CT molecular complexity index is 2350. The number of cyclic esters (lactones) is 1. The molecule has 3 amide bonds. The Labute approximate surface area is 371 Å². The maximum absolute atomic E-state index is 14.6. The maximum Gasteiger partial charge on any atom is 0.324 e. The molecule has 3 atom stereocenters. The minimum atomic E-state index is -1.02. The first-order valence-corrected chi connectivity index (χ1v) is 22.3. The number of aromatic nitrogens is 2. The fourth-order valence-electron chi connectivity index (χ4n) is 8.83. The number of fused-ring (bicyclic) bond motifs is 6. The van der Waals surface area contributed by atoms with E-state index in [2.05, 4.69) is 100 Å². The van der Waals surface area contributed by atoms with Crippen molar-refractivity contribution < 1.29 is 28.7 Å². The average molecular weight is 861 g/mol. The molecule has 2 aliphatic heterocycles. The van der Waals surface area contributed by atoms with E-state index in [1.165, 1.54) is 21.0 Å². The summed E-state index contributed by atoms with van der Waals surface area (Å²) in [5, 5.41) is 5.61. The van der Waals surface area contributed by atoms with E-state index in [0.29, 0.717) is 39.0 Å². The molecule has 0 spiro atoms. The number of carbonyl (C=O) groups is 4. The van der Waals surface area contributed by atoms with Gasteiger partial charge < -0.3 is 24.3 Å². The predicted molar refractivity (Wildman–Crippen MR) is 245 cm³/mol. The lowest BCUT2D eigenvalue weighted by molar-refractivity contribution is -0.155. The lowest BCUT2D eigenvalue weighted by atomic mass is 9.84. The van der Waals surface area contributed by atoms with Crippen LogP contribution in [0.2, 0.25) is 0 Å². The molecule has 63 heavy (non-hydrogen) atoms. The summed E-state index contributed by atoms with van der Waals surface area (Å²) in [4.78, 5) is 70.2. The summed E-state index contributed by atoms with van der Waals surface area (Å²) in [6, 6.07) is 16.7. The molecule has 1 fully saturated rings. The van der Waals surface area contributed by atoms with Gasteiger partial charge in [0.05, 0.1) is 38.0 Å². The molecule has 2 aliphatic rings. The molecule has 0 radical (unpaired) electrons. The molecule has 2 aromatic carbocycles. The third-order valence-electron chi connectivity index (χ3n) is 12.0. The van der Waals surface area contributed by atoms with Crippen LogP contribution in [0, 0.1) is 11.3 Å². The number of likely N-dealkylation sites (N-methyl/N-ethyl adjacent to an activating group) is 1. The van der Waals surface area contributed by atoms with Gasteiger partial charge in [-0.15, -0.1) is 0 Å². The van der Waals surface area contributed by atoms with Crippen molar-refractivity contribution in [2.75, 3.05) is 47.0 Å². The largest absolute Gasteiger partial charge is 0.464 e. The van der Waals surface area contributed by atoms with Crippen LogP contribution in [-0.2, 0) is 54.5 Å². The molecule has 6 rings (SSSR count). The number of hydrogen-bond acceptors (Lipinski definition) is 10. The number of esters is 1. The topological polar surface area (TPSA) is 160 Å². The van der Waals surface area contributed by atoms with Gasteiger partial charge in [0.1, 0.15) is 18.1 Å². The SMILES string of the molecule is CCc1ccncc1-c1c2c3cc(ccc3n1CC)-c1cccc(c1)C[C@H](NC(=O)[C@H](C(C)C)N(C)C(=O)CCN=C=NCCOC)C(=O)N1CCC[C@H](N1)C(=O)OCC(C)(C)C2. The summed E-state index contributed by atoms with van der Waals surface area (Å²) in [6.07, 6.45) is 6.59. The zero-order valence-electron chi connectivity index (χ0n) is 38.2. The standard InChI is InChI=1S/C49H64N8O6/c1-9-34-18-20-50-29-39(34)45-38-28-49(5,6)30-63-48(61)40-15-12-23-57(54-40)47(60)41(26-33-13-11-14-35(25-33)36-16-17-42(37(38)27-36)56(45)10-2)53-46(59)44(32(3)4)55(7)43(58)19-21-51-31-52-22-24-62-8/h11,13-14,16-18,20,25,27,29,32,40-41,44,54H,9-10,12,15,19,21-24,26,28,30H2,1-8H3,(H,53,59)/t40-,41-,44-/m0/s1. The number of benzene rings is 2. The number of nitrogens with zero attached hydrogens (tertiary/aromatic N) is 6. The Hall–Kier alpha value is -5.69. The molecule has 6 bridgehead atoms. The molecule has 4 aromatic rings. The van der Waals surface area contributed by atoms with Gasteiger partial charge in [-0.3, -0.25) is 29.2 Å². The van der Waals surface area contributed by atoms with Crippen molar-refractivity contribution in [3.8, 4) is 22.4 Å². The zero-order chi connectivity index (χ0) is 45.3. The number of pyridine rings is 1. The Balaban J connectivity index is 1.39. The zero-order valence-corrected chi connectivity index (χ0v) is 38.2. The van der Waals surface area contributed by atoms with Crippen LogP contribution >= 0.6 is 0 Å². The number of aryl methyl sites for hydroxylation is 2. The Morgan fingerprint density at radius 3 is 2.62 bits per heavy atom. The first kappa shape index (κ1) is 46.8. The number of hydrazine groups is 1. The van der Waals surface area contributed by atoms with Crippen LogP contribution in [0.5, 0.6) is 0 Å². The number of methoxy groups -OCH3 is 1. The van der Waals surface area contributed by atoms with Gasteiger partial charge in [0.15, 0.2) is 0 Å². The molecule has 0 saturated carbocycles. The van der Waals surface area contributed by atoms with E-state index in [0.717, 1.165) is 51.8 Å². The van der Waals surface area contributed by atoms with Gasteiger partial charge in [-0.2, -0.15) is 0 Å². The van der Waals surface area contributed by atoms with Gasteiger partial charge in [-0.05, 0) is 84.5 Å². The highest BCUT2D eigenvalue weighted by Gasteiger charge is 2.37. The summed E-state index contributed by atoms with van der Waals surface area (Å²) in [6.45, 7) is 14.6. The molecule has 14 heteroatoms. The summed E-state index contributed by atoms with van der Waals surface area (Å²) in [7, 11) is 3.18. The highest BCUT2D eigenvalue weighted by molar-refractivity contribution is 5.96. The van der Waals surface area contributed by atoms with Crippen LogP contribution in [0.25, 0.3) is 33.3 Å². The number of rotatable bonds is 13. The average Bonchev–Trinajstić information content (AvgIpc) is 3.58. The number of carbonyl (C=O) groups excluding carboxylic acids is 4. The first-order chi connectivity index (χ1) is 30.3. The van der Waals surface area contributed by atoms with Gasteiger partial charge >= 0.3 is 5.97 Å². The van der Waals surface area contributed by atoms with Crippen LogP contribution in [0.3, 0.4) is 0 Å². The number of nitrogens with one attached hydrogen (secondary N) is 2. The van der Waals surface area contributed by atoms with E-state index < -0.39 is 35.4 Å². The number of amides is 3. The highest BCUT2D eigenvalue weighted by atomic mass is 16.5. The van der Waals surface area contributed by atoms with Crippen LogP contribution in [-0.4, -0.2) is 114 Å². The second-order valence-electron chi connectivity index (χ2n) is 17.7. The number of ether oxygens (including phenoxy) is 2. The van der Waals surface area contributed by atoms with Gasteiger partial charge in [0.2, 0.25) is 11.8 Å². The molecule has 336 valence electrons. The Kier molecular flexibility index (Phi) is 15.7. The van der Waals surface area contributed by atoms with Crippen molar-refractivity contribution >= 4 is 40.6 Å². The molecule has 0 aliphatic carbocycles. The molecule has 14 nitrogen and oxygen atoms in total. The van der Waals surface area contributed by atoms with Gasteiger partial charge in [0.25, 0.3) is 5.91 Å². The Morgan fingerprint density at radius 1 is 1.10 bits per heavy atom. The van der Waals surface area contributed by atoms with Crippen molar-refractivity contribution in [2.45, 2.75) is 105 Å². The van der Waals surface area contributed by atoms with Crippen LogP contribution < -0.4 is 10.7 Å². The predicted octanol–water partition coefficient (Wildman–Crippen LogP) is 6.29. The smallest absolute Gasteiger partial charge is 0.324 e. The van der Waals surface area contributed by atoms with Crippen molar-refractivity contribution in [1.82, 2.24) is 30.2 Å². The van der Waals surface area contributed by atoms with Crippen LogP contribution in [0.15, 0.2) is 70.9 Å². The van der Waals surface area contributed by atoms with Crippen molar-refractivity contribution in [3.63, 3.8) is 0 Å². The quantitative estimate of drug-likeness (QED) is 0.0902. The molecule has 4 heterocycles. The minimum Gasteiger partial charge on any atom is -0.464 e. The normalized spacial score (nSPS) is 18.3. The minimum absolute atomic E-state index is 0.0579. The third kappa shape index (κ3) is 11.1. The summed E-state index contributed by atoms with van der Waals surface area (Å²) in [5.41, 5.74) is 11.2. The summed E-state index contributed by atoms with van der Waals surface area (Å²) >= 11 is 0.